The van der Waals surface area contributed by atoms with Gasteiger partial charge < -0.3 is 5.32 Å². The van der Waals surface area contributed by atoms with Crippen molar-refractivity contribution >= 4 is 0 Å². The molecule has 0 saturated heterocycles. The minimum absolute atomic E-state index is 0.820. The molecule has 2 rings (SSSR count). The highest BCUT2D eigenvalue weighted by Crippen LogP contribution is 2.27. The van der Waals surface area contributed by atoms with Gasteiger partial charge in [-0.3, -0.25) is 4.90 Å². The largest absolute Gasteiger partial charge is 0.312 e. The maximum atomic E-state index is 3.72. The fourth-order valence-corrected chi connectivity index (χ4v) is 2.08. The average molecular weight is 230 g/mol. The van der Waals surface area contributed by atoms with Crippen molar-refractivity contribution in [1.29, 1.82) is 0 Å². The predicted octanol–water partition coefficient (Wildman–Crippen LogP) is 2.43. The SMILES string of the molecule is C=CCNCCN(Cc1ccccc1)C1CC1. The van der Waals surface area contributed by atoms with Crippen molar-refractivity contribution < 1.29 is 0 Å². The van der Waals surface area contributed by atoms with Crippen LogP contribution >= 0.6 is 0 Å². The van der Waals surface area contributed by atoms with E-state index in [1.54, 1.807) is 0 Å². The summed E-state index contributed by atoms with van der Waals surface area (Å²) >= 11 is 0. The third-order valence-corrected chi connectivity index (χ3v) is 3.16. The second-order valence-corrected chi connectivity index (χ2v) is 4.68. The first kappa shape index (κ1) is 12.3. The third kappa shape index (κ3) is 4.33. The fraction of sp³-hybridized carbons (Fsp3) is 0.467. The van der Waals surface area contributed by atoms with Crippen molar-refractivity contribution in [1.82, 2.24) is 10.2 Å². The summed E-state index contributed by atoms with van der Waals surface area (Å²) in [6.07, 6.45) is 4.65. The topological polar surface area (TPSA) is 15.3 Å². The molecule has 1 aliphatic carbocycles. The van der Waals surface area contributed by atoms with Gasteiger partial charge in [-0.2, -0.15) is 0 Å². The lowest BCUT2D eigenvalue weighted by Gasteiger charge is -2.22. The number of benzene rings is 1. The van der Waals surface area contributed by atoms with E-state index in [1.807, 2.05) is 6.08 Å². The van der Waals surface area contributed by atoms with Gasteiger partial charge in [0.25, 0.3) is 0 Å². The number of rotatable bonds is 8. The molecule has 1 N–H and O–H groups in total. The van der Waals surface area contributed by atoms with E-state index in [-0.39, 0.29) is 0 Å². The summed E-state index contributed by atoms with van der Waals surface area (Å²) in [5, 5.41) is 3.37. The summed E-state index contributed by atoms with van der Waals surface area (Å²) in [5.41, 5.74) is 1.42. The molecule has 0 aromatic heterocycles. The van der Waals surface area contributed by atoms with E-state index in [4.69, 9.17) is 0 Å². The Labute approximate surface area is 104 Å². The molecule has 1 aromatic carbocycles. The highest BCUT2D eigenvalue weighted by atomic mass is 15.2. The number of hydrogen-bond donors (Lipinski definition) is 1. The first-order chi connectivity index (χ1) is 8.40. The zero-order valence-corrected chi connectivity index (χ0v) is 10.4. The van der Waals surface area contributed by atoms with Crippen LogP contribution in [-0.2, 0) is 6.54 Å². The fourth-order valence-electron chi connectivity index (χ4n) is 2.08. The van der Waals surface area contributed by atoms with Crippen LogP contribution < -0.4 is 5.32 Å². The van der Waals surface area contributed by atoms with Crippen molar-refractivity contribution in [3.05, 3.63) is 48.6 Å². The molecular formula is C15H22N2. The zero-order valence-electron chi connectivity index (χ0n) is 10.4. The van der Waals surface area contributed by atoms with E-state index < -0.39 is 0 Å². The third-order valence-electron chi connectivity index (χ3n) is 3.16. The Balaban J connectivity index is 1.79. The standard InChI is InChI=1S/C15H22N2/c1-2-10-16-11-12-17(15-8-9-15)13-14-6-4-3-5-7-14/h2-7,15-16H,1,8-13H2. The van der Waals surface area contributed by atoms with Crippen LogP contribution in [0, 0.1) is 0 Å². The van der Waals surface area contributed by atoms with Gasteiger partial charge >= 0.3 is 0 Å². The Hall–Kier alpha value is -1.12. The average Bonchev–Trinajstić information content (AvgIpc) is 3.19. The highest BCUT2D eigenvalue weighted by molar-refractivity contribution is 5.14. The molecule has 0 amide bonds. The summed E-state index contributed by atoms with van der Waals surface area (Å²) in [6, 6.07) is 11.6. The Kier molecular flexibility index (Phi) is 4.77. The van der Waals surface area contributed by atoms with Crippen LogP contribution in [0.4, 0.5) is 0 Å². The minimum atomic E-state index is 0.820. The molecule has 0 unspecified atom stereocenters. The molecule has 1 fully saturated rings. The van der Waals surface area contributed by atoms with Crippen LogP contribution in [0.25, 0.3) is 0 Å². The van der Waals surface area contributed by atoms with E-state index in [9.17, 15) is 0 Å². The summed E-state index contributed by atoms with van der Waals surface area (Å²) in [4.78, 5) is 2.59. The second kappa shape index (κ2) is 6.58. The van der Waals surface area contributed by atoms with Gasteiger partial charge in [0.15, 0.2) is 0 Å². The normalized spacial score (nSPS) is 15.1. The quantitative estimate of drug-likeness (QED) is 0.545. The van der Waals surface area contributed by atoms with Gasteiger partial charge in [-0.05, 0) is 18.4 Å². The van der Waals surface area contributed by atoms with Crippen LogP contribution in [0.15, 0.2) is 43.0 Å². The summed E-state index contributed by atoms with van der Waals surface area (Å²) < 4.78 is 0. The molecular weight excluding hydrogens is 208 g/mol. The number of nitrogens with one attached hydrogen (secondary N) is 1. The molecule has 2 heteroatoms. The molecule has 1 saturated carbocycles. The zero-order chi connectivity index (χ0) is 11.9. The first-order valence-corrected chi connectivity index (χ1v) is 6.49. The van der Waals surface area contributed by atoms with Crippen LogP contribution in [0.3, 0.4) is 0 Å². The Morgan fingerprint density at radius 2 is 2.06 bits per heavy atom. The first-order valence-electron chi connectivity index (χ1n) is 6.49. The van der Waals surface area contributed by atoms with Gasteiger partial charge in [0.05, 0.1) is 0 Å². The molecule has 1 aromatic rings. The van der Waals surface area contributed by atoms with Crippen molar-refractivity contribution in [3.8, 4) is 0 Å². The molecule has 0 spiro atoms. The van der Waals surface area contributed by atoms with Gasteiger partial charge in [-0.25, -0.2) is 0 Å². The van der Waals surface area contributed by atoms with Gasteiger partial charge in [0.2, 0.25) is 0 Å². The smallest absolute Gasteiger partial charge is 0.0237 e. The molecule has 0 atom stereocenters. The summed E-state index contributed by atoms with van der Waals surface area (Å²) in [7, 11) is 0. The lowest BCUT2D eigenvalue weighted by molar-refractivity contribution is 0.256. The Morgan fingerprint density at radius 3 is 2.71 bits per heavy atom. The lowest BCUT2D eigenvalue weighted by Crippen LogP contribution is -2.33. The molecule has 0 heterocycles. The maximum absolute atomic E-state index is 3.72. The van der Waals surface area contributed by atoms with E-state index in [2.05, 4.69) is 47.1 Å². The molecule has 2 nitrogen and oxygen atoms in total. The summed E-state index contributed by atoms with van der Waals surface area (Å²) in [6.45, 7) is 7.89. The van der Waals surface area contributed by atoms with Crippen molar-refractivity contribution in [3.63, 3.8) is 0 Å². The van der Waals surface area contributed by atoms with Crippen LogP contribution in [-0.4, -0.2) is 30.6 Å². The minimum Gasteiger partial charge on any atom is -0.312 e. The van der Waals surface area contributed by atoms with Gasteiger partial charge in [0, 0.05) is 32.2 Å². The predicted molar refractivity (Wildman–Crippen MR) is 72.9 cm³/mol. The molecule has 1 aliphatic rings. The Bertz CT molecular complexity index is 330. The number of hydrogen-bond acceptors (Lipinski definition) is 2. The van der Waals surface area contributed by atoms with E-state index in [0.29, 0.717) is 0 Å². The molecule has 92 valence electrons. The van der Waals surface area contributed by atoms with E-state index in [1.165, 1.54) is 18.4 Å². The highest BCUT2D eigenvalue weighted by Gasteiger charge is 2.28. The monoisotopic (exact) mass is 230 g/mol. The Morgan fingerprint density at radius 1 is 1.29 bits per heavy atom. The van der Waals surface area contributed by atoms with Crippen molar-refractivity contribution in [2.75, 3.05) is 19.6 Å². The van der Waals surface area contributed by atoms with Crippen LogP contribution in [0.1, 0.15) is 18.4 Å². The van der Waals surface area contributed by atoms with Gasteiger partial charge in [-0.1, -0.05) is 36.4 Å². The van der Waals surface area contributed by atoms with E-state index >= 15 is 0 Å². The van der Waals surface area contributed by atoms with Crippen molar-refractivity contribution in [2.45, 2.75) is 25.4 Å². The van der Waals surface area contributed by atoms with Gasteiger partial charge in [0.1, 0.15) is 0 Å². The molecule has 0 aliphatic heterocycles. The van der Waals surface area contributed by atoms with Crippen molar-refractivity contribution in [2.24, 2.45) is 0 Å². The van der Waals surface area contributed by atoms with Crippen LogP contribution in [0.5, 0.6) is 0 Å². The lowest BCUT2D eigenvalue weighted by atomic mass is 10.2. The van der Waals surface area contributed by atoms with Gasteiger partial charge in [-0.15, -0.1) is 6.58 Å². The summed E-state index contributed by atoms with van der Waals surface area (Å²) in [5.74, 6) is 0. The molecule has 0 radical (unpaired) electrons. The van der Waals surface area contributed by atoms with Crippen LogP contribution in [0.2, 0.25) is 0 Å². The second-order valence-electron chi connectivity index (χ2n) is 4.68. The van der Waals surface area contributed by atoms with E-state index in [0.717, 1.165) is 32.2 Å². The molecule has 17 heavy (non-hydrogen) atoms. The molecule has 0 bridgehead atoms. The maximum Gasteiger partial charge on any atom is 0.0237 e. The number of nitrogens with zero attached hydrogens (tertiary/aromatic N) is 1.